The molecule has 0 aliphatic carbocycles. The zero-order valence-electron chi connectivity index (χ0n) is 25.2. The van der Waals surface area contributed by atoms with Crippen molar-refractivity contribution in [1.29, 1.82) is 0 Å². The second-order valence-electron chi connectivity index (χ2n) is 11.4. The van der Waals surface area contributed by atoms with Crippen molar-refractivity contribution < 1.29 is 13.2 Å². The van der Waals surface area contributed by atoms with E-state index in [1.54, 1.807) is 36.9 Å². The minimum absolute atomic E-state index is 0.0121. The maximum Gasteiger partial charge on any atom is 0.244 e. The predicted molar refractivity (Wildman–Crippen MR) is 178 cm³/mol. The van der Waals surface area contributed by atoms with Crippen molar-refractivity contribution in [2.75, 3.05) is 32.7 Å². The minimum atomic E-state index is -4.03. The molecule has 1 heterocycles. The molecule has 4 aromatic carbocycles. The highest BCUT2D eigenvalue weighted by molar-refractivity contribution is 7.89. The molecule has 0 atom stereocenters. The molecule has 5 rings (SSSR count). The largest absolute Gasteiger partial charge is 0.339 e. The van der Waals surface area contributed by atoms with Crippen LogP contribution in [0.5, 0.6) is 0 Å². The summed E-state index contributed by atoms with van der Waals surface area (Å²) in [6, 6.07) is 29.6. The van der Waals surface area contributed by atoms with E-state index in [1.165, 1.54) is 15.4 Å². The van der Waals surface area contributed by atoms with Crippen LogP contribution < -0.4 is 0 Å². The first-order valence-corrected chi connectivity index (χ1v) is 16.9. The zero-order valence-corrected chi connectivity index (χ0v) is 27.5. The number of aryl methyl sites for hydroxylation is 3. The van der Waals surface area contributed by atoms with E-state index in [4.69, 9.17) is 23.2 Å². The molecule has 0 spiro atoms. The molecule has 1 amide bonds. The summed E-state index contributed by atoms with van der Waals surface area (Å²) in [5.41, 5.74) is 5.32. The number of hydrogen-bond acceptors (Lipinski definition) is 4. The van der Waals surface area contributed by atoms with Gasteiger partial charge in [-0.3, -0.25) is 9.69 Å². The first-order valence-electron chi connectivity index (χ1n) is 14.7. The Morgan fingerprint density at radius 1 is 0.773 bits per heavy atom. The summed E-state index contributed by atoms with van der Waals surface area (Å²) in [4.78, 5) is 18.2. The molecule has 0 aromatic heterocycles. The van der Waals surface area contributed by atoms with Crippen LogP contribution in [-0.4, -0.2) is 61.2 Å². The van der Waals surface area contributed by atoms with E-state index in [-0.39, 0.29) is 29.9 Å². The summed E-state index contributed by atoms with van der Waals surface area (Å²) in [7, 11) is -4.03. The number of carbonyl (C=O) groups excluding carboxylic acids is 1. The van der Waals surface area contributed by atoms with Gasteiger partial charge in [-0.05, 0) is 60.7 Å². The van der Waals surface area contributed by atoms with Gasteiger partial charge < -0.3 is 4.90 Å². The van der Waals surface area contributed by atoms with Crippen molar-refractivity contribution in [3.63, 3.8) is 0 Å². The van der Waals surface area contributed by atoms with Crippen LogP contribution in [0.3, 0.4) is 0 Å². The van der Waals surface area contributed by atoms with E-state index in [2.05, 4.69) is 29.2 Å². The summed E-state index contributed by atoms with van der Waals surface area (Å²) in [6.45, 7) is 7.55. The molecular formula is C35H37Cl2N3O3S. The third kappa shape index (κ3) is 7.19. The fourth-order valence-corrected chi connectivity index (χ4v) is 8.25. The third-order valence-electron chi connectivity index (χ3n) is 8.12. The van der Waals surface area contributed by atoms with Gasteiger partial charge in [-0.25, -0.2) is 8.42 Å². The SMILES string of the molecule is Cc1cc(C)c(S(=O)(=O)N(CC(=O)N2CCN(C(c3ccccc3)c3ccccc3)CC2)Cc2ccc(Cl)c(Cl)c2)c(C)c1. The molecule has 1 aliphatic rings. The molecule has 0 saturated carbocycles. The Labute approximate surface area is 270 Å². The lowest BCUT2D eigenvalue weighted by molar-refractivity contribution is -0.133. The van der Waals surface area contributed by atoms with Crippen LogP contribution >= 0.6 is 23.2 Å². The van der Waals surface area contributed by atoms with E-state index < -0.39 is 10.0 Å². The summed E-state index contributed by atoms with van der Waals surface area (Å²) >= 11 is 12.4. The van der Waals surface area contributed by atoms with E-state index in [0.29, 0.717) is 52.9 Å². The van der Waals surface area contributed by atoms with Gasteiger partial charge >= 0.3 is 0 Å². The average molecular weight is 651 g/mol. The third-order valence-corrected chi connectivity index (χ3v) is 11.0. The van der Waals surface area contributed by atoms with Gasteiger partial charge in [0.05, 0.1) is 27.5 Å². The Morgan fingerprint density at radius 2 is 1.32 bits per heavy atom. The van der Waals surface area contributed by atoms with Crippen LogP contribution in [0, 0.1) is 20.8 Å². The molecule has 4 aromatic rings. The van der Waals surface area contributed by atoms with Crippen molar-refractivity contribution >= 4 is 39.1 Å². The van der Waals surface area contributed by atoms with Crippen LogP contribution in [0.2, 0.25) is 10.0 Å². The fraction of sp³-hybridized carbons (Fsp3) is 0.286. The van der Waals surface area contributed by atoms with Crippen molar-refractivity contribution in [3.05, 3.63) is 134 Å². The average Bonchev–Trinajstić information content (AvgIpc) is 2.99. The molecule has 230 valence electrons. The topological polar surface area (TPSA) is 60.9 Å². The molecule has 1 saturated heterocycles. The van der Waals surface area contributed by atoms with E-state index in [0.717, 1.165) is 5.56 Å². The van der Waals surface area contributed by atoms with Crippen molar-refractivity contribution in [3.8, 4) is 0 Å². The second kappa shape index (κ2) is 13.8. The Kier molecular flexibility index (Phi) is 10.1. The van der Waals surface area contributed by atoms with Crippen molar-refractivity contribution in [2.45, 2.75) is 38.3 Å². The molecule has 1 aliphatic heterocycles. The first-order chi connectivity index (χ1) is 21.0. The molecule has 0 radical (unpaired) electrons. The Morgan fingerprint density at radius 3 is 1.84 bits per heavy atom. The lowest BCUT2D eigenvalue weighted by Gasteiger charge is -2.40. The monoisotopic (exact) mass is 649 g/mol. The van der Waals surface area contributed by atoms with Crippen molar-refractivity contribution in [2.24, 2.45) is 0 Å². The predicted octanol–water partition coefficient (Wildman–Crippen LogP) is 7.04. The lowest BCUT2D eigenvalue weighted by Crippen LogP contribution is -2.52. The van der Waals surface area contributed by atoms with E-state index in [9.17, 15) is 13.2 Å². The van der Waals surface area contributed by atoms with Gasteiger partial charge in [0.25, 0.3) is 0 Å². The first kappa shape index (κ1) is 32.2. The highest BCUT2D eigenvalue weighted by atomic mass is 35.5. The number of benzene rings is 4. The van der Waals surface area contributed by atoms with Gasteiger partial charge in [0.15, 0.2) is 0 Å². The standard InChI is InChI=1S/C35H37Cl2N3O3S/c1-25-20-26(2)35(27(3)21-25)44(42,43)40(23-28-14-15-31(36)32(37)22-28)24-33(41)38-16-18-39(19-17-38)34(29-10-6-4-7-11-29)30-12-8-5-9-13-30/h4-15,20-22,34H,16-19,23-24H2,1-3H3. The number of amides is 1. The number of carbonyl (C=O) groups is 1. The van der Waals surface area contributed by atoms with Crippen LogP contribution in [0.25, 0.3) is 0 Å². The molecule has 6 nitrogen and oxygen atoms in total. The van der Waals surface area contributed by atoms with E-state index in [1.807, 2.05) is 55.5 Å². The summed E-state index contributed by atoms with van der Waals surface area (Å²) in [6.07, 6.45) is 0. The van der Waals surface area contributed by atoms with Crippen LogP contribution in [-0.2, 0) is 21.4 Å². The minimum Gasteiger partial charge on any atom is -0.339 e. The maximum atomic E-state index is 14.2. The van der Waals surface area contributed by atoms with Gasteiger partial charge in [0.2, 0.25) is 15.9 Å². The lowest BCUT2D eigenvalue weighted by atomic mass is 9.96. The zero-order chi connectivity index (χ0) is 31.4. The van der Waals surface area contributed by atoms with E-state index >= 15 is 0 Å². The van der Waals surface area contributed by atoms with Gasteiger partial charge in [-0.2, -0.15) is 4.31 Å². The van der Waals surface area contributed by atoms with Gasteiger partial charge in [0.1, 0.15) is 0 Å². The molecule has 44 heavy (non-hydrogen) atoms. The number of rotatable bonds is 9. The Hall–Kier alpha value is -3.20. The molecule has 0 unspecified atom stereocenters. The summed E-state index contributed by atoms with van der Waals surface area (Å²) in [5.74, 6) is -0.230. The Bertz CT molecular complexity index is 1660. The summed E-state index contributed by atoms with van der Waals surface area (Å²) < 4.78 is 29.7. The highest BCUT2D eigenvalue weighted by Gasteiger charge is 2.33. The fourth-order valence-electron chi connectivity index (χ4n) is 6.14. The number of nitrogens with zero attached hydrogens (tertiary/aromatic N) is 3. The van der Waals surface area contributed by atoms with Gasteiger partial charge in [-0.1, -0.05) is 108 Å². The highest BCUT2D eigenvalue weighted by Crippen LogP contribution is 2.31. The van der Waals surface area contributed by atoms with Crippen LogP contribution in [0.15, 0.2) is 95.9 Å². The quantitative estimate of drug-likeness (QED) is 0.195. The molecule has 9 heteroatoms. The number of halogens is 2. The van der Waals surface area contributed by atoms with Gasteiger partial charge in [-0.15, -0.1) is 0 Å². The normalized spacial score (nSPS) is 14.4. The Balaban J connectivity index is 1.38. The van der Waals surface area contributed by atoms with Crippen molar-refractivity contribution in [1.82, 2.24) is 14.1 Å². The number of hydrogen-bond donors (Lipinski definition) is 0. The van der Waals surface area contributed by atoms with Gasteiger partial charge in [0, 0.05) is 32.7 Å². The molecule has 0 bridgehead atoms. The number of piperazine rings is 1. The number of sulfonamides is 1. The maximum absolute atomic E-state index is 14.2. The summed E-state index contributed by atoms with van der Waals surface area (Å²) in [5, 5.41) is 0.714. The second-order valence-corrected chi connectivity index (χ2v) is 14.1. The van der Waals surface area contributed by atoms with Crippen LogP contribution in [0.4, 0.5) is 0 Å². The molecular weight excluding hydrogens is 613 g/mol. The smallest absolute Gasteiger partial charge is 0.244 e. The molecule has 0 N–H and O–H groups in total. The molecule has 1 fully saturated rings. The van der Waals surface area contributed by atoms with Crippen LogP contribution in [0.1, 0.15) is 39.4 Å².